The van der Waals surface area contributed by atoms with E-state index in [2.05, 4.69) is 10.2 Å². The molecule has 0 unspecified atom stereocenters. The van der Waals surface area contributed by atoms with Gasteiger partial charge in [0.05, 0.1) is 0 Å². The number of rotatable bonds is 3. The first kappa shape index (κ1) is 6.88. The van der Waals surface area contributed by atoms with Crippen LogP contribution >= 0.6 is 0 Å². The summed E-state index contributed by atoms with van der Waals surface area (Å²) in [7, 11) is 0. The Morgan fingerprint density at radius 1 is 1.71 bits per heavy atom. The van der Waals surface area contributed by atoms with Crippen LogP contribution in [-0.4, -0.2) is 6.61 Å². The zero-order valence-corrected chi connectivity index (χ0v) is 5.06. The van der Waals surface area contributed by atoms with Crippen molar-refractivity contribution in [2.75, 3.05) is 6.61 Å². The Bertz CT molecular complexity index is 107. The molecule has 7 heavy (non-hydrogen) atoms. The van der Waals surface area contributed by atoms with E-state index < -0.39 is 15.4 Å². The van der Waals surface area contributed by atoms with Crippen molar-refractivity contribution in [2.24, 2.45) is 0 Å². The van der Waals surface area contributed by atoms with E-state index >= 15 is 0 Å². The second kappa shape index (κ2) is 4.05. The van der Waals surface area contributed by atoms with E-state index in [1.54, 1.807) is 0 Å². The third kappa shape index (κ3) is 5.88. The molecule has 0 bridgehead atoms. The van der Waals surface area contributed by atoms with Gasteiger partial charge in [0.1, 0.15) is 0 Å². The fourth-order valence-electron chi connectivity index (χ4n) is 0.114. The van der Waals surface area contributed by atoms with Gasteiger partial charge >= 0.3 is 45.7 Å². The predicted molar refractivity (Wildman–Crippen MR) is 17.5 cm³/mol. The van der Waals surface area contributed by atoms with Crippen LogP contribution in [0.4, 0.5) is 0 Å². The van der Waals surface area contributed by atoms with Crippen molar-refractivity contribution in [2.45, 2.75) is 0 Å². The summed E-state index contributed by atoms with van der Waals surface area (Å²) in [4.78, 5) is 0. The van der Waals surface area contributed by atoms with Gasteiger partial charge in [-0.15, -0.1) is 0 Å². The van der Waals surface area contributed by atoms with E-state index in [-0.39, 0.29) is 6.61 Å². The van der Waals surface area contributed by atoms with Gasteiger partial charge in [0.15, 0.2) is 0 Å². The van der Waals surface area contributed by atoms with Crippen LogP contribution in [0.3, 0.4) is 0 Å². The van der Waals surface area contributed by atoms with Gasteiger partial charge < -0.3 is 0 Å². The van der Waals surface area contributed by atoms with E-state index in [4.69, 9.17) is 0 Å². The zero-order valence-electron chi connectivity index (χ0n) is 3.66. The first-order valence-electron chi connectivity index (χ1n) is 1.65. The maximum absolute atomic E-state index is 9.61. The molecule has 0 aliphatic carbocycles. The third-order valence-corrected chi connectivity index (χ3v) is 0.860. The van der Waals surface area contributed by atoms with Crippen LogP contribution in [0.15, 0.2) is 12.7 Å². The van der Waals surface area contributed by atoms with E-state index in [0.29, 0.717) is 0 Å². The maximum atomic E-state index is 9.61. The molecule has 0 saturated heterocycles. The van der Waals surface area contributed by atoms with Crippen LogP contribution in [0.2, 0.25) is 0 Å². The van der Waals surface area contributed by atoms with Gasteiger partial charge in [0, 0.05) is 0 Å². The molecule has 0 N–H and O–H groups in total. The number of hydrogen-bond donors (Lipinski definition) is 0. The Labute approximate surface area is 46.3 Å². The van der Waals surface area contributed by atoms with Crippen molar-refractivity contribution >= 4 is 0 Å². The molecule has 0 fully saturated rings. The monoisotopic (exact) mass is 140 g/mol. The predicted octanol–water partition coefficient (Wildman–Crippen LogP) is 0.413. The van der Waals surface area contributed by atoms with Crippen molar-refractivity contribution in [1.29, 1.82) is 0 Å². The molecule has 40 valence electrons. The van der Waals surface area contributed by atoms with E-state index in [9.17, 15) is 7.35 Å². The Hall–Kier alpha value is -0.116. The van der Waals surface area contributed by atoms with Gasteiger partial charge in [-0.3, -0.25) is 0 Å². The molecule has 4 heteroatoms. The van der Waals surface area contributed by atoms with Gasteiger partial charge in [0.2, 0.25) is 0 Å². The van der Waals surface area contributed by atoms with Crippen LogP contribution < -0.4 is 0 Å². The molecule has 0 spiro atoms. The molecule has 3 nitrogen and oxygen atoms in total. The molecule has 0 aliphatic rings. The van der Waals surface area contributed by atoms with Crippen molar-refractivity contribution in [1.82, 2.24) is 0 Å². The molecule has 0 heterocycles. The van der Waals surface area contributed by atoms with Crippen LogP contribution in [0.5, 0.6) is 0 Å². The van der Waals surface area contributed by atoms with Crippen molar-refractivity contribution in [3.05, 3.63) is 12.7 Å². The fourth-order valence-corrected chi connectivity index (χ4v) is 0.468. The average Bonchev–Trinajstić information content (AvgIpc) is 1.61. The molecule has 0 aliphatic heterocycles. The quantitative estimate of drug-likeness (QED) is 0.533. The third-order valence-electron chi connectivity index (χ3n) is 0.298. The average molecular weight is 140 g/mol. The summed E-state index contributed by atoms with van der Waals surface area (Å²) in [5.74, 6) is 0. The van der Waals surface area contributed by atoms with Gasteiger partial charge in [-0.1, -0.05) is 0 Å². The minimum absolute atomic E-state index is 0.104. The minimum atomic E-state index is -3.31. The molecular weight excluding hydrogens is 135 g/mol. The Morgan fingerprint density at radius 2 is 2.29 bits per heavy atom. The summed E-state index contributed by atoms with van der Waals surface area (Å²) in [6.45, 7) is 3.36. The Balaban J connectivity index is 3.14. The second-order valence-corrected chi connectivity index (χ2v) is 1.91. The molecule has 0 amide bonds. The second-order valence-electron chi connectivity index (χ2n) is 0.808. The Kier molecular flexibility index (Phi) is 3.99. The summed E-state index contributed by atoms with van der Waals surface area (Å²) < 4.78 is 23.3. The molecule has 0 aromatic rings. The Morgan fingerprint density at radius 3 is 2.43 bits per heavy atom. The van der Waals surface area contributed by atoms with E-state index in [1.807, 2.05) is 0 Å². The summed E-state index contributed by atoms with van der Waals surface area (Å²) in [6.07, 6.45) is 1.39. The number of hydrogen-bond acceptors (Lipinski definition) is 3. The van der Waals surface area contributed by atoms with Crippen LogP contribution in [0.25, 0.3) is 0 Å². The summed E-state index contributed by atoms with van der Waals surface area (Å²) in [6, 6.07) is 0. The van der Waals surface area contributed by atoms with Crippen molar-refractivity contribution in [3.8, 4) is 0 Å². The normalized spacial score (nSPS) is 8.00. The van der Waals surface area contributed by atoms with Crippen LogP contribution in [0.1, 0.15) is 0 Å². The summed E-state index contributed by atoms with van der Waals surface area (Å²) >= 11 is -3.31. The first-order valence-corrected chi connectivity index (χ1v) is 3.36. The van der Waals surface area contributed by atoms with Gasteiger partial charge in [-0.2, -0.15) is 0 Å². The molecule has 0 aromatic carbocycles. The molecule has 0 atom stereocenters. The fraction of sp³-hybridized carbons (Fsp3) is 0.333. The van der Waals surface area contributed by atoms with E-state index in [1.165, 1.54) is 6.08 Å². The molecule has 0 aromatic heterocycles. The first-order chi connectivity index (χ1) is 3.27. The SMILES string of the molecule is C=CC[O][V](=[O])=[O]. The molecular formula is C3H5O3V. The topological polar surface area (TPSA) is 43.4 Å². The van der Waals surface area contributed by atoms with Crippen LogP contribution in [-0.2, 0) is 26.4 Å². The van der Waals surface area contributed by atoms with Gasteiger partial charge in [-0.25, -0.2) is 0 Å². The van der Waals surface area contributed by atoms with E-state index in [0.717, 1.165) is 0 Å². The molecule has 0 rings (SSSR count). The summed E-state index contributed by atoms with van der Waals surface area (Å²) in [5.41, 5.74) is 0. The molecule has 0 radical (unpaired) electrons. The van der Waals surface area contributed by atoms with Crippen LogP contribution in [0, 0.1) is 0 Å². The van der Waals surface area contributed by atoms with Crippen molar-refractivity contribution < 1.29 is 26.4 Å². The van der Waals surface area contributed by atoms with Gasteiger partial charge in [-0.05, 0) is 0 Å². The van der Waals surface area contributed by atoms with Gasteiger partial charge in [0.25, 0.3) is 0 Å². The standard InChI is InChI=1S/C3H5O.2O.V/c1-2-3-4;;;/h2H,1,3H2;;;/q-1;;;+1. The van der Waals surface area contributed by atoms with Crippen molar-refractivity contribution in [3.63, 3.8) is 0 Å². The molecule has 0 saturated carbocycles. The zero-order chi connectivity index (χ0) is 5.70. The summed E-state index contributed by atoms with van der Waals surface area (Å²) in [5, 5.41) is 0.